The summed E-state index contributed by atoms with van der Waals surface area (Å²) in [5.74, 6) is 1.22. The van der Waals surface area contributed by atoms with Gasteiger partial charge in [-0.2, -0.15) is 0 Å². The van der Waals surface area contributed by atoms with Crippen LogP contribution in [0.15, 0.2) is 53.1 Å². The molecule has 0 bridgehead atoms. The Hall–Kier alpha value is -2.86. The van der Waals surface area contributed by atoms with E-state index in [0.29, 0.717) is 12.5 Å². The standard InChI is InChI=1S/C17H16N4O2/c1-11(18)10-22-17-7-6-16-19-9-13(21(16)20-17)15-8-12-4-2-3-5-14(12)23-15/h2-9,11H,10,18H2,1H3/t11-/m1/s1. The molecule has 4 rings (SSSR count). The Morgan fingerprint density at radius 3 is 2.96 bits per heavy atom. The zero-order valence-corrected chi connectivity index (χ0v) is 12.6. The molecule has 0 aliphatic carbocycles. The average Bonchev–Trinajstić information content (AvgIpc) is 3.15. The second-order valence-electron chi connectivity index (χ2n) is 5.52. The molecule has 1 atom stereocenters. The van der Waals surface area contributed by atoms with Gasteiger partial charge < -0.3 is 14.9 Å². The van der Waals surface area contributed by atoms with Crippen molar-refractivity contribution in [2.45, 2.75) is 13.0 Å². The molecule has 3 aromatic heterocycles. The lowest BCUT2D eigenvalue weighted by molar-refractivity contribution is 0.281. The third-order valence-electron chi connectivity index (χ3n) is 3.51. The number of nitrogens with zero attached hydrogens (tertiary/aromatic N) is 3. The number of rotatable bonds is 4. The van der Waals surface area contributed by atoms with Gasteiger partial charge in [-0.15, -0.1) is 5.10 Å². The number of ether oxygens (including phenoxy) is 1. The molecule has 0 amide bonds. The Morgan fingerprint density at radius 2 is 2.13 bits per heavy atom. The number of fused-ring (bicyclic) bond motifs is 2. The maximum absolute atomic E-state index is 5.90. The van der Waals surface area contributed by atoms with Crippen LogP contribution >= 0.6 is 0 Å². The van der Waals surface area contributed by atoms with E-state index in [1.807, 2.05) is 43.3 Å². The fraction of sp³-hybridized carbons (Fsp3) is 0.176. The van der Waals surface area contributed by atoms with E-state index in [-0.39, 0.29) is 6.04 Å². The molecule has 2 N–H and O–H groups in total. The minimum absolute atomic E-state index is 0.0508. The van der Waals surface area contributed by atoms with E-state index >= 15 is 0 Å². The number of para-hydroxylation sites is 1. The van der Waals surface area contributed by atoms with E-state index in [0.717, 1.165) is 28.1 Å². The van der Waals surface area contributed by atoms with Crippen molar-refractivity contribution in [2.75, 3.05) is 6.61 Å². The molecule has 0 saturated heterocycles. The number of aromatic nitrogens is 3. The van der Waals surface area contributed by atoms with E-state index in [1.165, 1.54) is 0 Å². The molecule has 4 aromatic rings. The van der Waals surface area contributed by atoms with E-state index in [4.69, 9.17) is 14.9 Å². The highest BCUT2D eigenvalue weighted by molar-refractivity contribution is 5.82. The van der Waals surface area contributed by atoms with Crippen LogP contribution in [0.2, 0.25) is 0 Å². The predicted octanol–water partition coefficient (Wildman–Crippen LogP) is 2.87. The Balaban J connectivity index is 1.78. The van der Waals surface area contributed by atoms with Gasteiger partial charge in [-0.25, -0.2) is 9.50 Å². The summed E-state index contributed by atoms with van der Waals surface area (Å²) in [5, 5.41) is 5.51. The van der Waals surface area contributed by atoms with Crippen LogP contribution in [0.25, 0.3) is 28.1 Å². The molecule has 23 heavy (non-hydrogen) atoms. The lowest BCUT2D eigenvalue weighted by Gasteiger charge is -2.08. The van der Waals surface area contributed by atoms with Crippen molar-refractivity contribution in [1.29, 1.82) is 0 Å². The third kappa shape index (κ3) is 2.53. The molecule has 0 radical (unpaired) electrons. The van der Waals surface area contributed by atoms with Crippen molar-refractivity contribution in [2.24, 2.45) is 5.73 Å². The predicted molar refractivity (Wildman–Crippen MR) is 87.3 cm³/mol. The summed E-state index contributed by atoms with van der Waals surface area (Å²) in [6.07, 6.45) is 1.75. The van der Waals surface area contributed by atoms with Crippen LogP contribution in [0.4, 0.5) is 0 Å². The highest BCUT2D eigenvalue weighted by Gasteiger charge is 2.13. The number of hydrogen-bond acceptors (Lipinski definition) is 5. The fourth-order valence-corrected chi connectivity index (χ4v) is 2.43. The molecule has 116 valence electrons. The van der Waals surface area contributed by atoms with Gasteiger partial charge in [0, 0.05) is 17.5 Å². The minimum Gasteiger partial charge on any atom is -0.475 e. The van der Waals surface area contributed by atoms with Crippen LogP contribution in [0.5, 0.6) is 5.88 Å². The quantitative estimate of drug-likeness (QED) is 0.627. The maximum Gasteiger partial charge on any atom is 0.231 e. The van der Waals surface area contributed by atoms with Crippen molar-refractivity contribution in [1.82, 2.24) is 14.6 Å². The summed E-state index contributed by atoms with van der Waals surface area (Å²) in [7, 11) is 0. The van der Waals surface area contributed by atoms with E-state index in [1.54, 1.807) is 16.8 Å². The van der Waals surface area contributed by atoms with Crippen molar-refractivity contribution in [3.8, 4) is 17.3 Å². The van der Waals surface area contributed by atoms with E-state index in [2.05, 4.69) is 10.1 Å². The molecular formula is C17H16N4O2. The van der Waals surface area contributed by atoms with Gasteiger partial charge in [0.1, 0.15) is 17.9 Å². The van der Waals surface area contributed by atoms with Gasteiger partial charge >= 0.3 is 0 Å². The van der Waals surface area contributed by atoms with Crippen molar-refractivity contribution in [3.05, 3.63) is 48.7 Å². The van der Waals surface area contributed by atoms with Crippen LogP contribution in [0, 0.1) is 0 Å². The first-order chi connectivity index (χ1) is 11.2. The summed E-state index contributed by atoms with van der Waals surface area (Å²) in [4.78, 5) is 4.36. The maximum atomic E-state index is 5.90. The Kier molecular flexibility index (Phi) is 3.24. The number of nitrogens with two attached hydrogens (primary N) is 1. The second-order valence-corrected chi connectivity index (χ2v) is 5.52. The lowest BCUT2D eigenvalue weighted by Crippen LogP contribution is -2.24. The summed E-state index contributed by atoms with van der Waals surface area (Å²) in [5.41, 5.74) is 8.06. The zero-order valence-electron chi connectivity index (χ0n) is 12.6. The Labute approximate surface area is 132 Å². The monoisotopic (exact) mass is 308 g/mol. The van der Waals surface area contributed by atoms with Gasteiger partial charge in [0.15, 0.2) is 11.4 Å². The zero-order chi connectivity index (χ0) is 15.8. The molecule has 0 aliphatic rings. The topological polar surface area (TPSA) is 78.6 Å². The van der Waals surface area contributed by atoms with Crippen molar-refractivity contribution in [3.63, 3.8) is 0 Å². The summed E-state index contributed by atoms with van der Waals surface area (Å²) >= 11 is 0. The molecule has 0 fully saturated rings. The molecule has 3 heterocycles. The fourth-order valence-electron chi connectivity index (χ4n) is 2.43. The Bertz CT molecular complexity index is 938. The highest BCUT2D eigenvalue weighted by Crippen LogP contribution is 2.28. The van der Waals surface area contributed by atoms with Crippen molar-refractivity contribution >= 4 is 16.6 Å². The summed E-state index contributed by atoms with van der Waals surface area (Å²) < 4.78 is 13.2. The van der Waals surface area contributed by atoms with Crippen LogP contribution in [0.3, 0.4) is 0 Å². The number of imidazole rings is 1. The van der Waals surface area contributed by atoms with Crippen molar-refractivity contribution < 1.29 is 9.15 Å². The molecular weight excluding hydrogens is 292 g/mol. The first-order valence-electron chi connectivity index (χ1n) is 7.43. The van der Waals surface area contributed by atoms with Gasteiger partial charge in [0.2, 0.25) is 5.88 Å². The van der Waals surface area contributed by atoms with Gasteiger partial charge in [-0.3, -0.25) is 0 Å². The summed E-state index contributed by atoms with van der Waals surface area (Å²) in [6.45, 7) is 2.29. The van der Waals surface area contributed by atoms with Crippen LogP contribution in [0.1, 0.15) is 6.92 Å². The average molecular weight is 308 g/mol. The highest BCUT2D eigenvalue weighted by atomic mass is 16.5. The molecule has 6 nitrogen and oxygen atoms in total. The van der Waals surface area contributed by atoms with E-state index in [9.17, 15) is 0 Å². The Morgan fingerprint density at radius 1 is 1.26 bits per heavy atom. The van der Waals surface area contributed by atoms with E-state index < -0.39 is 0 Å². The van der Waals surface area contributed by atoms with Gasteiger partial charge in [-0.05, 0) is 25.1 Å². The second kappa shape index (κ2) is 5.40. The smallest absolute Gasteiger partial charge is 0.231 e. The number of furan rings is 1. The molecule has 6 heteroatoms. The molecule has 0 aliphatic heterocycles. The molecule has 0 unspecified atom stereocenters. The summed E-state index contributed by atoms with van der Waals surface area (Å²) in [6, 6.07) is 13.4. The van der Waals surface area contributed by atoms with Crippen LogP contribution < -0.4 is 10.5 Å². The normalized spacial score (nSPS) is 12.8. The lowest BCUT2D eigenvalue weighted by atomic mass is 10.2. The number of hydrogen-bond donors (Lipinski definition) is 1. The van der Waals surface area contributed by atoms with Gasteiger partial charge in [0.05, 0.1) is 6.20 Å². The SMILES string of the molecule is C[C@@H](N)COc1ccc2ncc(-c3cc4ccccc4o3)n2n1. The third-order valence-corrected chi connectivity index (χ3v) is 3.51. The van der Waals surface area contributed by atoms with Crippen LogP contribution in [-0.4, -0.2) is 27.2 Å². The molecule has 0 saturated carbocycles. The molecule has 0 spiro atoms. The van der Waals surface area contributed by atoms with Gasteiger partial charge in [0.25, 0.3) is 0 Å². The minimum atomic E-state index is -0.0508. The largest absolute Gasteiger partial charge is 0.475 e. The first-order valence-corrected chi connectivity index (χ1v) is 7.43. The van der Waals surface area contributed by atoms with Gasteiger partial charge in [-0.1, -0.05) is 18.2 Å². The molecule has 1 aromatic carbocycles. The van der Waals surface area contributed by atoms with Crippen LogP contribution in [-0.2, 0) is 0 Å². The first kappa shape index (κ1) is 13.8. The number of benzene rings is 1.